The molecule has 0 fully saturated rings. The van der Waals surface area contributed by atoms with Crippen molar-refractivity contribution in [3.63, 3.8) is 0 Å². The highest BCUT2D eigenvalue weighted by atomic mass is 32.2. The van der Waals surface area contributed by atoms with E-state index in [9.17, 15) is 0 Å². The van der Waals surface area contributed by atoms with Crippen LogP contribution in [0.5, 0.6) is 0 Å². The number of hydrogen-bond acceptors (Lipinski definition) is 1. The van der Waals surface area contributed by atoms with Crippen molar-refractivity contribution in [1.29, 1.82) is 0 Å². The number of aryl methyl sites for hydroxylation is 1. The van der Waals surface area contributed by atoms with E-state index in [2.05, 4.69) is 45.0 Å². The van der Waals surface area contributed by atoms with Gasteiger partial charge in [-0.25, -0.2) is 0 Å². The van der Waals surface area contributed by atoms with E-state index in [-0.39, 0.29) is 0 Å². The standard InChI is InChI=1S/C11H16S/c1-4-10-5-7-11(8-6-10)12-9(2)3/h5-9H,4H2,1-3H3. The fourth-order valence-corrected chi connectivity index (χ4v) is 1.91. The Hall–Kier alpha value is -0.430. The molecule has 0 heterocycles. The molecule has 0 saturated carbocycles. The van der Waals surface area contributed by atoms with E-state index in [4.69, 9.17) is 0 Å². The van der Waals surface area contributed by atoms with E-state index < -0.39 is 0 Å². The third kappa shape index (κ3) is 2.90. The number of thioether (sulfide) groups is 1. The molecule has 0 radical (unpaired) electrons. The van der Waals surface area contributed by atoms with Crippen LogP contribution in [-0.4, -0.2) is 5.25 Å². The number of benzene rings is 1. The van der Waals surface area contributed by atoms with Gasteiger partial charge in [0.25, 0.3) is 0 Å². The van der Waals surface area contributed by atoms with Gasteiger partial charge >= 0.3 is 0 Å². The average Bonchev–Trinajstić information content (AvgIpc) is 2.05. The van der Waals surface area contributed by atoms with E-state index in [0.29, 0.717) is 5.25 Å². The lowest BCUT2D eigenvalue weighted by atomic mass is 10.2. The van der Waals surface area contributed by atoms with Gasteiger partial charge < -0.3 is 0 Å². The molecule has 0 amide bonds. The van der Waals surface area contributed by atoms with Crippen LogP contribution in [0.1, 0.15) is 26.3 Å². The SMILES string of the molecule is CCc1ccc(SC(C)C)cc1. The maximum atomic E-state index is 2.22. The van der Waals surface area contributed by atoms with Gasteiger partial charge in [-0.3, -0.25) is 0 Å². The summed E-state index contributed by atoms with van der Waals surface area (Å²) in [5.74, 6) is 0. The van der Waals surface area contributed by atoms with Gasteiger partial charge in [-0.15, -0.1) is 11.8 Å². The molecule has 0 nitrogen and oxygen atoms in total. The Morgan fingerprint density at radius 3 is 2.17 bits per heavy atom. The maximum Gasteiger partial charge on any atom is 0.00747 e. The van der Waals surface area contributed by atoms with Gasteiger partial charge in [0.2, 0.25) is 0 Å². The van der Waals surface area contributed by atoms with Crippen LogP contribution in [0.3, 0.4) is 0 Å². The highest BCUT2D eigenvalue weighted by Crippen LogP contribution is 2.22. The first kappa shape index (κ1) is 9.66. The molecule has 12 heavy (non-hydrogen) atoms. The van der Waals surface area contributed by atoms with E-state index in [1.54, 1.807) is 0 Å². The molecule has 0 N–H and O–H groups in total. The second-order valence-electron chi connectivity index (χ2n) is 3.16. The fraction of sp³-hybridized carbons (Fsp3) is 0.455. The van der Waals surface area contributed by atoms with E-state index in [0.717, 1.165) is 6.42 Å². The Labute approximate surface area is 79.4 Å². The zero-order valence-corrected chi connectivity index (χ0v) is 8.82. The number of hydrogen-bond donors (Lipinski definition) is 0. The molecule has 0 aliphatic rings. The van der Waals surface area contributed by atoms with Crippen molar-refractivity contribution in [2.75, 3.05) is 0 Å². The van der Waals surface area contributed by atoms with Gasteiger partial charge in [-0.05, 0) is 24.1 Å². The summed E-state index contributed by atoms with van der Waals surface area (Å²) >= 11 is 1.92. The molecular weight excluding hydrogens is 164 g/mol. The summed E-state index contributed by atoms with van der Waals surface area (Å²) < 4.78 is 0. The molecule has 0 aliphatic carbocycles. The first-order valence-corrected chi connectivity index (χ1v) is 5.36. The molecular formula is C11H16S. The van der Waals surface area contributed by atoms with Gasteiger partial charge in [0.05, 0.1) is 0 Å². The summed E-state index contributed by atoms with van der Waals surface area (Å²) in [5.41, 5.74) is 1.42. The third-order valence-corrected chi connectivity index (χ3v) is 2.72. The largest absolute Gasteiger partial charge is 0.123 e. The summed E-state index contributed by atoms with van der Waals surface area (Å²) in [6.07, 6.45) is 1.13. The minimum Gasteiger partial charge on any atom is -0.123 e. The van der Waals surface area contributed by atoms with Crippen LogP contribution in [0.15, 0.2) is 29.2 Å². The second-order valence-corrected chi connectivity index (χ2v) is 4.81. The van der Waals surface area contributed by atoms with E-state index in [1.807, 2.05) is 11.8 Å². The van der Waals surface area contributed by atoms with Crippen molar-refractivity contribution >= 4 is 11.8 Å². The molecule has 0 spiro atoms. The molecule has 0 unspecified atom stereocenters. The van der Waals surface area contributed by atoms with Crippen LogP contribution in [-0.2, 0) is 6.42 Å². The second kappa shape index (κ2) is 4.56. The first-order valence-electron chi connectivity index (χ1n) is 4.48. The minimum absolute atomic E-state index is 0.678. The monoisotopic (exact) mass is 180 g/mol. The Kier molecular flexibility index (Phi) is 3.67. The molecule has 0 saturated heterocycles. The summed E-state index contributed by atoms with van der Waals surface area (Å²) in [5, 5.41) is 0.678. The molecule has 1 aromatic rings. The first-order chi connectivity index (χ1) is 5.72. The molecule has 0 bridgehead atoms. The molecule has 0 aromatic heterocycles. The van der Waals surface area contributed by atoms with Crippen molar-refractivity contribution in [2.24, 2.45) is 0 Å². The van der Waals surface area contributed by atoms with Gasteiger partial charge in [0, 0.05) is 10.1 Å². The zero-order chi connectivity index (χ0) is 8.97. The lowest BCUT2D eigenvalue weighted by Gasteiger charge is -2.04. The fourth-order valence-electron chi connectivity index (χ4n) is 1.08. The van der Waals surface area contributed by atoms with Crippen molar-refractivity contribution < 1.29 is 0 Å². The normalized spacial score (nSPS) is 10.7. The van der Waals surface area contributed by atoms with Crippen LogP contribution in [0.2, 0.25) is 0 Å². The van der Waals surface area contributed by atoms with Crippen LogP contribution in [0.25, 0.3) is 0 Å². The summed E-state index contributed by atoms with van der Waals surface area (Å²) in [6, 6.07) is 8.85. The molecule has 0 aliphatic heterocycles. The van der Waals surface area contributed by atoms with Crippen molar-refractivity contribution in [2.45, 2.75) is 37.3 Å². The molecule has 1 heteroatoms. The summed E-state index contributed by atoms with van der Waals surface area (Å²) in [7, 11) is 0. The Morgan fingerprint density at radius 1 is 1.17 bits per heavy atom. The van der Waals surface area contributed by atoms with Crippen molar-refractivity contribution in [1.82, 2.24) is 0 Å². The highest BCUT2D eigenvalue weighted by Gasteiger charge is 1.96. The smallest absolute Gasteiger partial charge is 0.00747 e. The third-order valence-electron chi connectivity index (χ3n) is 1.70. The van der Waals surface area contributed by atoms with Gasteiger partial charge in [0.15, 0.2) is 0 Å². The highest BCUT2D eigenvalue weighted by molar-refractivity contribution is 7.99. The Morgan fingerprint density at radius 2 is 1.75 bits per heavy atom. The molecule has 66 valence electrons. The van der Waals surface area contributed by atoms with Crippen LogP contribution < -0.4 is 0 Å². The molecule has 1 rings (SSSR count). The number of rotatable bonds is 3. The van der Waals surface area contributed by atoms with Gasteiger partial charge in [0.1, 0.15) is 0 Å². The van der Waals surface area contributed by atoms with Gasteiger partial charge in [-0.2, -0.15) is 0 Å². The summed E-state index contributed by atoms with van der Waals surface area (Å²) in [4.78, 5) is 1.38. The maximum absolute atomic E-state index is 2.22. The quantitative estimate of drug-likeness (QED) is 0.638. The van der Waals surface area contributed by atoms with E-state index >= 15 is 0 Å². The van der Waals surface area contributed by atoms with Crippen LogP contribution in [0.4, 0.5) is 0 Å². The molecule has 1 aromatic carbocycles. The zero-order valence-electron chi connectivity index (χ0n) is 8.00. The van der Waals surface area contributed by atoms with Gasteiger partial charge in [-0.1, -0.05) is 32.9 Å². The van der Waals surface area contributed by atoms with Crippen molar-refractivity contribution in [3.8, 4) is 0 Å². The average molecular weight is 180 g/mol. The lowest BCUT2D eigenvalue weighted by molar-refractivity contribution is 1.10. The van der Waals surface area contributed by atoms with E-state index in [1.165, 1.54) is 10.5 Å². The summed E-state index contributed by atoms with van der Waals surface area (Å²) in [6.45, 7) is 6.63. The lowest BCUT2D eigenvalue weighted by Crippen LogP contribution is -1.86. The van der Waals surface area contributed by atoms with Crippen LogP contribution in [0, 0.1) is 0 Å². The van der Waals surface area contributed by atoms with Crippen molar-refractivity contribution in [3.05, 3.63) is 29.8 Å². The minimum atomic E-state index is 0.678. The topological polar surface area (TPSA) is 0 Å². The predicted octanol–water partition coefficient (Wildman–Crippen LogP) is 3.75. The Bertz CT molecular complexity index is 223. The molecule has 0 atom stereocenters. The predicted molar refractivity (Wildman–Crippen MR) is 56.8 cm³/mol. The Balaban J connectivity index is 2.65. The van der Waals surface area contributed by atoms with Crippen LogP contribution >= 0.6 is 11.8 Å².